The number of guanidine groups is 1. The summed E-state index contributed by atoms with van der Waals surface area (Å²) in [7, 11) is -4.12. The first-order valence-corrected chi connectivity index (χ1v) is 15.7. The molecule has 1 aliphatic heterocycles. The van der Waals surface area contributed by atoms with Crippen LogP contribution in [0.4, 0.5) is 0 Å². The van der Waals surface area contributed by atoms with E-state index >= 15 is 0 Å². The van der Waals surface area contributed by atoms with Crippen molar-refractivity contribution in [3.63, 3.8) is 0 Å². The van der Waals surface area contributed by atoms with E-state index in [0.29, 0.717) is 34.9 Å². The second-order valence-electron chi connectivity index (χ2n) is 11.0. The Hall–Kier alpha value is -3.29. The predicted molar refractivity (Wildman–Crippen MR) is 159 cm³/mol. The number of carbonyl (C=O) groups is 3. The number of ether oxygens (including phenoxy) is 1. The summed E-state index contributed by atoms with van der Waals surface area (Å²) in [6.45, 7) is 11.4. The second-order valence-corrected chi connectivity index (χ2v) is 13.8. The third-order valence-electron chi connectivity index (χ3n) is 5.97. The van der Waals surface area contributed by atoms with Gasteiger partial charge in [0.05, 0.1) is 9.77 Å². The van der Waals surface area contributed by atoms with E-state index in [4.69, 9.17) is 4.74 Å². The van der Waals surface area contributed by atoms with Crippen LogP contribution in [0.15, 0.2) is 34.2 Å². The molecule has 11 nitrogen and oxygen atoms in total. The van der Waals surface area contributed by atoms with Crippen molar-refractivity contribution in [2.45, 2.75) is 77.3 Å². The molecule has 0 bridgehead atoms. The number of benzene rings is 1. The number of esters is 1. The Morgan fingerprint density at radius 3 is 2.41 bits per heavy atom. The number of carbonyl (C=O) groups excluding carboxylic acids is 3. The lowest BCUT2D eigenvalue weighted by molar-refractivity contribution is -0.156. The van der Waals surface area contributed by atoms with Crippen LogP contribution in [0.1, 0.15) is 64.9 Å². The lowest BCUT2D eigenvalue weighted by atomic mass is 10.1. The minimum atomic E-state index is -4.12. The fraction of sp³-hybridized carbons (Fsp3) is 0.500. The summed E-state index contributed by atoms with van der Waals surface area (Å²) in [6.07, 6.45) is 1.59. The molecule has 0 aliphatic carbocycles. The molecule has 4 N–H and O–H groups in total. The normalized spacial score (nSPS) is 14.4. The van der Waals surface area contributed by atoms with Crippen molar-refractivity contribution in [1.29, 1.82) is 0 Å². The van der Waals surface area contributed by atoms with E-state index in [2.05, 4.69) is 25.7 Å². The maximum Gasteiger partial charge on any atom is 0.326 e. The number of sulfonamides is 1. The largest absolute Gasteiger partial charge is 0.459 e. The van der Waals surface area contributed by atoms with E-state index in [9.17, 15) is 22.8 Å². The number of nitrogens with one attached hydrogen (secondary N) is 4. The SMILES string of the molecule is Cc1cc(C)c(S(=O)(=O)NC(CNC(=O)c2ccc(CCC(=O)NC3=NCCCN3)s2)C(=O)OC(C)(C)C)c(C)c1. The van der Waals surface area contributed by atoms with Crippen molar-refractivity contribution in [2.75, 3.05) is 19.6 Å². The molecule has 1 aromatic carbocycles. The third kappa shape index (κ3) is 9.65. The number of amides is 2. The molecule has 2 amide bonds. The average Bonchev–Trinajstić information content (AvgIpc) is 3.33. The van der Waals surface area contributed by atoms with Crippen LogP contribution in [0.5, 0.6) is 0 Å². The van der Waals surface area contributed by atoms with E-state index < -0.39 is 33.5 Å². The molecule has 41 heavy (non-hydrogen) atoms. The third-order valence-corrected chi connectivity index (χ3v) is 8.89. The van der Waals surface area contributed by atoms with Crippen molar-refractivity contribution in [2.24, 2.45) is 4.99 Å². The van der Waals surface area contributed by atoms with Gasteiger partial charge < -0.3 is 15.4 Å². The molecular formula is C28H39N5O6S2. The van der Waals surface area contributed by atoms with E-state index in [0.717, 1.165) is 23.4 Å². The summed E-state index contributed by atoms with van der Waals surface area (Å²) >= 11 is 1.22. The number of aliphatic imine (C=N–C) groups is 1. The smallest absolute Gasteiger partial charge is 0.326 e. The van der Waals surface area contributed by atoms with Gasteiger partial charge in [0.15, 0.2) is 5.96 Å². The van der Waals surface area contributed by atoms with Crippen LogP contribution in [-0.2, 0) is 30.8 Å². The zero-order valence-electron chi connectivity index (χ0n) is 24.3. The van der Waals surface area contributed by atoms with Gasteiger partial charge in [-0.25, -0.2) is 8.42 Å². The molecular weight excluding hydrogens is 566 g/mol. The Bertz CT molecular complexity index is 1400. The molecule has 3 rings (SSSR count). The predicted octanol–water partition coefficient (Wildman–Crippen LogP) is 2.49. The highest BCUT2D eigenvalue weighted by molar-refractivity contribution is 7.89. The number of hydrogen-bond acceptors (Lipinski definition) is 9. The van der Waals surface area contributed by atoms with Gasteiger partial charge in [0.25, 0.3) is 5.91 Å². The molecule has 0 radical (unpaired) electrons. The van der Waals surface area contributed by atoms with Crippen LogP contribution in [0.3, 0.4) is 0 Å². The first-order chi connectivity index (χ1) is 19.1. The fourth-order valence-corrected chi connectivity index (χ4v) is 6.91. The average molecular weight is 606 g/mol. The summed E-state index contributed by atoms with van der Waals surface area (Å²) in [5, 5.41) is 8.43. The first-order valence-electron chi connectivity index (χ1n) is 13.4. The van der Waals surface area contributed by atoms with Gasteiger partial charge in [0, 0.05) is 30.9 Å². The Morgan fingerprint density at radius 2 is 1.80 bits per heavy atom. The summed E-state index contributed by atoms with van der Waals surface area (Å²) in [5.74, 6) is -0.972. The molecule has 0 saturated heterocycles. The topological polar surface area (TPSA) is 155 Å². The highest BCUT2D eigenvalue weighted by Gasteiger charge is 2.32. The van der Waals surface area contributed by atoms with Crippen molar-refractivity contribution < 1.29 is 27.5 Å². The number of nitrogens with zero attached hydrogens (tertiary/aromatic N) is 1. The number of aryl methyl sites for hydroxylation is 4. The van der Waals surface area contributed by atoms with Crippen LogP contribution in [0.2, 0.25) is 0 Å². The molecule has 224 valence electrons. The lowest BCUT2D eigenvalue weighted by Gasteiger charge is -2.25. The summed E-state index contributed by atoms with van der Waals surface area (Å²) in [6, 6.07) is 5.55. The Morgan fingerprint density at radius 1 is 1.12 bits per heavy atom. The van der Waals surface area contributed by atoms with Crippen LogP contribution < -0.4 is 20.7 Å². The number of thiophene rings is 1. The summed E-state index contributed by atoms with van der Waals surface area (Å²) in [5.41, 5.74) is 1.14. The van der Waals surface area contributed by atoms with Crippen LogP contribution in [0, 0.1) is 20.8 Å². The van der Waals surface area contributed by atoms with E-state index in [1.807, 2.05) is 6.92 Å². The van der Waals surface area contributed by atoms with Gasteiger partial charge in [-0.2, -0.15) is 4.72 Å². The lowest BCUT2D eigenvalue weighted by Crippen LogP contribution is -2.50. The maximum atomic E-state index is 13.4. The van der Waals surface area contributed by atoms with E-state index in [-0.39, 0.29) is 23.8 Å². The standard InChI is InChI=1S/C28H39N5O6S2/c1-17-14-18(2)24(19(3)15-17)41(37,38)33-21(26(36)39-28(4,5)6)16-31-25(35)22-10-8-20(40-22)9-11-23(34)32-27-29-12-7-13-30-27/h8,10,14-15,21,33H,7,9,11-13,16H2,1-6H3,(H,31,35)(H2,29,30,32,34). The van der Waals surface area contributed by atoms with Gasteiger partial charge >= 0.3 is 5.97 Å². The fourth-order valence-electron chi connectivity index (χ4n) is 4.35. The molecule has 13 heteroatoms. The second kappa shape index (κ2) is 13.6. The van der Waals surface area contributed by atoms with Crippen molar-refractivity contribution in [1.82, 2.24) is 20.7 Å². The molecule has 2 heterocycles. The summed E-state index contributed by atoms with van der Waals surface area (Å²) < 4.78 is 34.6. The van der Waals surface area contributed by atoms with Crippen molar-refractivity contribution in [3.05, 3.63) is 50.7 Å². The van der Waals surface area contributed by atoms with Gasteiger partial charge in [-0.3, -0.25) is 24.7 Å². The zero-order valence-corrected chi connectivity index (χ0v) is 26.0. The van der Waals surface area contributed by atoms with Crippen molar-refractivity contribution >= 4 is 45.1 Å². The molecule has 1 unspecified atom stereocenters. The van der Waals surface area contributed by atoms with Crippen molar-refractivity contribution in [3.8, 4) is 0 Å². The number of hydrogen-bond donors (Lipinski definition) is 4. The summed E-state index contributed by atoms with van der Waals surface area (Å²) in [4.78, 5) is 43.6. The number of rotatable bonds is 10. The van der Waals surface area contributed by atoms with Crippen LogP contribution in [-0.4, -0.2) is 63.4 Å². The molecule has 0 fully saturated rings. The molecule has 1 aromatic heterocycles. The first kappa shape index (κ1) is 32.2. The molecule has 0 spiro atoms. The molecule has 1 atom stereocenters. The van der Waals surface area contributed by atoms with Gasteiger partial charge in [-0.1, -0.05) is 17.7 Å². The Kier molecular flexibility index (Phi) is 10.7. The minimum absolute atomic E-state index is 0.0845. The molecule has 2 aromatic rings. The van der Waals surface area contributed by atoms with Crippen LogP contribution >= 0.6 is 11.3 Å². The quantitative estimate of drug-likeness (QED) is 0.303. The Balaban J connectivity index is 1.66. The van der Waals surface area contributed by atoms with Gasteiger partial charge in [-0.05, 0) is 77.6 Å². The van der Waals surface area contributed by atoms with Gasteiger partial charge in [0.2, 0.25) is 15.9 Å². The minimum Gasteiger partial charge on any atom is -0.459 e. The zero-order chi connectivity index (χ0) is 30.4. The Labute approximate surface area is 245 Å². The van der Waals surface area contributed by atoms with Crippen LogP contribution in [0.25, 0.3) is 0 Å². The molecule has 1 aliphatic rings. The van der Waals surface area contributed by atoms with Gasteiger partial charge in [0.1, 0.15) is 11.6 Å². The maximum absolute atomic E-state index is 13.4. The molecule has 0 saturated carbocycles. The van der Waals surface area contributed by atoms with E-state index in [1.54, 1.807) is 58.9 Å². The van der Waals surface area contributed by atoms with Gasteiger partial charge in [-0.15, -0.1) is 11.3 Å². The van der Waals surface area contributed by atoms with E-state index in [1.165, 1.54) is 11.3 Å². The highest BCUT2D eigenvalue weighted by atomic mass is 32.2. The highest BCUT2D eigenvalue weighted by Crippen LogP contribution is 2.23. The monoisotopic (exact) mass is 605 g/mol.